The van der Waals surface area contributed by atoms with Crippen LogP contribution in [0.4, 0.5) is 0 Å². The van der Waals surface area contributed by atoms with Gasteiger partial charge in [-0.1, -0.05) is 41.9 Å². The van der Waals surface area contributed by atoms with Crippen LogP contribution < -0.4 is 5.73 Å². The summed E-state index contributed by atoms with van der Waals surface area (Å²) < 4.78 is 0. The van der Waals surface area contributed by atoms with Gasteiger partial charge in [-0.3, -0.25) is 0 Å². The van der Waals surface area contributed by atoms with Crippen LogP contribution >= 0.6 is 21.6 Å². The molecule has 0 saturated heterocycles. The van der Waals surface area contributed by atoms with Crippen LogP contribution in [0.5, 0.6) is 0 Å². The van der Waals surface area contributed by atoms with Crippen LogP contribution in [0.25, 0.3) is 0 Å². The van der Waals surface area contributed by atoms with E-state index in [4.69, 9.17) is 5.73 Å². The molecule has 68 valence electrons. The molecule has 0 aliphatic rings. The summed E-state index contributed by atoms with van der Waals surface area (Å²) in [7, 11) is 3.85. The largest absolute Gasteiger partial charge is 0.330 e. The van der Waals surface area contributed by atoms with Crippen molar-refractivity contribution < 1.29 is 0 Å². The monoisotopic (exact) mass is 193 g/mol. The van der Waals surface area contributed by atoms with E-state index in [0.29, 0.717) is 0 Å². The average molecular weight is 193 g/mol. The van der Waals surface area contributed by atoms with Gasteiger partial charge in [0, 0.05) is 18.1 Å². The van der Waals surface area contributed by atoms with E-state index in [1.54, 1.807) is 0 Å². The van der Waals surface area contributed by atoms with E-state index in [1.807, 2.05) is 21.6 Å². The van der Waals surface area contributed by atoms with Crippen LogP contribution in [0.3, 0.4) is 0 Å². The van der Waals surface area contributed by atoms with Gasteiger partial charge in [0.1, 0.15) is 0 Å². The van der Waals surface area contributed by atoms with Crippen molar-refractivity contribution in [2.45, 2.75) is 26.7 Å². The molecule has 0 rings (SSSR count). The van der Waals surface area contributed by atoms with Crippen LogP contribution in [0.15, 0.2) is 0 Å². The highest BCUT2D eigenvalue weighted by Gasteiger charge is 1.93. The zero-order chi connectivity index (χ0) is 8.53. The standard InChI is InChI=1S/C8H19NS2/c1-8(2)4-3-6-10-11-7-5-9/h8H,3-7,9H2,1-2H3. The Kier molecular flexibility index (Phi) is 9.28. The zero-order valence-electron chi connectivity index (χ0n) is 7.51. The Bertz CT molecular complexity index is 76.5. The third-order valence-electron chi connectivity index (χ3n) is 1.29. The third-order valence-corrected chi connectivity index (χ3v) is 3.82. The molecule has 2 N–H and O–H groups in total. The first-order valence-electron chi connectivity index (χ1n) is 4.22. The summed E-state index contributed by atoms with van der Waals surface area (Å²) in [5, 5.41) is 0. The van der Waals surface area contributed by atoms with Gasteiger partial charge in [0.15, 0.2) is 0 Å². The van der Waals surface area contributed by atoms with Crippen molar-refractivity contribution in [3.8, 4) is 0 Å². The molecule has 0 aromatic rings. The molecule has 0 fully saturated rings. The highest BCUT2D eigenvalue weighted by atomic mass is 33.1. The first kappa shape index (κ1) is 11.7. The van der Waals surface area contributed by atoms with Crippen LogP contribution in [-0.4, -0.2) is 18.1 Å². The quantitative estimate of drug-likeness (QED) is 0.497. The van der Waals surface area contributed by atoms with Gasteiger partial charge in [-0.25, -0.2) is 0 Å². The fraction of sp³-hybridized carbons (Fsp3) is 1.00. The summed E-state index contributed by atoms with van der Waals surface area (Å²) in [6, 6.07) is 0. The molecular weight excluding hydrogens is 174 g/mol. The van der Waals surface area contributed by atoms with E-state index in [0.717, 1.165) is 18.2 Å². The summed E-state index contributed by atoms with van der Waals surface area (Å²) >= 11 is 0. The SMILES string of the molecule is CC(C)CCCSSCCN. The van der Waals surface area contributed by atoms with Gasteiger partial charge in [0.05, 0.1) is 0 Å². The lowest BCUT2D eigenvalue weighted by Gasteiger charge is -2.02. The Morgan fingerprint density at radius 1 is 1.18 bits per heavy atom. The van der Waals surface area contributed by atoms with Gasteiger partial charge in [0.2, 0.25) is 0 Å². The number of hydrogen-bond acceptors (Lipinski definition) is 3. The Morgan fingerprint density at radius 2 is 1.82 bits per heavy atom. The molecule has 0 aliphatic heterocycles. The van der Waals surface area contributed by atoms with Gasteiger partial charge in [-0.15, -0.1) is 0 Å². The lowest BCUT2D eigenvalue weighted by Crippen LogP contribution is -1.99. The van der Waals surface area contributed by atoms with E-state index in [2.05, 4.69) is 13.8 Å². The minimum absolute atomic E-state index is 0.807. The summed E-state index contributed by atoms with van der Waals surface area (Å²) in [5.41, 5.74) is 5.36. The van der Waals surface area contributed by atoms with Gasteiger partial charge >= 0.3 is 0 Å². The topological polar surface area (TPSA) is 26.0 Å². The number of hydrogen-bond donors (Lipinski definition) is 1. The summed E-state index contributed by atoms with van der Waals surface area (Å²) in [5.74, 6) is 3.23. The molecule has 1 nitrogen and oxygen atoms in total. The van der Waals surface area contributed by atoms with Crippen molar-refractivity contribution in [1.29, 1.82) is 0 Å². The van der Waals surface area contributed by atoms with Crippen LogP contribution in [0.1, 0.15) is 26.7 Å². The maximum absolute atomic E-state index is 5.36. The van der Waals surface area contributed by atoms with Crippen LogP contribution in [0.2, 0.25) is 0 Å². The average Bonchev–Trinajstić information content (AvgIpc) is 1.96. The highest BCUT2D eigenvalue weighted by Crippen LogP contribution is 2.22. The predicted molar refractivity (Wildman–Crippen MR) is 58.0 cm³/mol. The lowest BCUT2D eigenvalue weighted by atomic mass is 10.1. The Morgan fingerprint density at radius 3 is 2.36 bits per heavy atom. The second-order valence-electron chi connectivity index (χ2n) is 2.97. The molecule has 0 aromatic carbocycles. The number of rotatable bonds is 7. The Hall–Kier alpha value is 0.660. The fourth-order valence-corrected chi connectivity index (χ4v) is 2.68. The maximum atomic E-state index is 5.36. The van der Waals surface area contributed by atoms with E-state index in [-0.39, 0.29) is 0 Å². The third kappa shape index (κ3) is 10.7. The minimum atomic E-state index is 0.807. The summed E-state index contributed by atoms with van der Waals surface area (Å²) in [6.45, 7) is 5.36. The van der Waals surface area contributed by atoms with E-state index in [1.165, 1.54) is 18.6 Å². The lowest BCUT2D eigenvalue weighted by molar-refractivity contribution is 0.579. The molecule has 0 aromatic heterocycles. The smallest absolute Gasteiger partial charge is 0.0160 e. The van der Waals surface area contributed by atoms with E-state index in [9.17, 15) is 0 Å². The van der Waals surface area contributed by atoms with Gasteiger partial charge in [0.25, 0.3) is 0 Å². The van der Waals surface area contributed by atoms with Gasteiger partial charge in [-0.2, -0.15) is 0 Å². The van der Waals surface area contributed by atoms with E-state index < -0.39 is 0 Å². The molecule has 11 heavy (non-hydrogen) atoms. The molecule has 0 bridgehead atoms. The van der Waals surface area contributed by atoms with Crippen molar-refractivity contribution in [1.82, 2.24) is 0 Å². The number of nitrogens with two attached hydrogens (primary N) is 1. The molecule has 0 unspecified atom stereocenters. The van der Waals surface area contributed by atoms with Crippen LogP contribution in [0, 0.1) is 5.92 Å². The van der Waals surface area contributed by atoms with Crippen molar-refractivity contribution in [2.24, 2.45) is 11.7 Å². The summed E-state index contributed by atoms with van der Waals surface area (Å²) in [4.78, 5) is 0. The molecular formula is C8H19NS2. The molecule has 0 atom stereocenters. The molecule has 0 spiro atoms. The van der Waals surface area contributed by atoms with Crippen molar-refractivity contribution in [3.05, 3.63) is 0 Å². The van der Waals surface area contributed by atoms with Crippen molar-refractivity contribution in [3.63, 3.8) is 0 Å². The predicted octanol–water partition coefficient (Wildman–Crippen LogP) is 2.76. The normalized spacial score (nSPS) is 10.9. The molecule has 0 amide bonds. The Labute approximate surface area is 78.3 Å². The molecule has 3 heteroatoms. The molecule has 0 heterocycles. The first-order chi connectivity index (χ1) is 5.27. The van der Waals surface area contributed by atoms with Gasteiger partial charge < -0.3 is 5.73 Å². The molecule has 0 saturated carbocycles. The summed E-state index contributed by atoms with van der Waals surface area (Å²) in [6.07, 6.45) is 2.70. The second-order valence-corrected chi connectivity index (χ2v) is 5.67. The molecule has 0 radical (unpaired) electrons. The highest BCUT2D eigenvalue weighted by molar-refractivity contribution is 8.76. The van der Waals surface area contributed by atoms with Crippen molar-refractivity contribution in [2.75, 3.05) is 18.1 Å². The minimum Gasteiger partial charge on any atom is -0.330 e. The van der Waals surface area contributed by atoms with Crippen LogP contribution in [-0.2, 0) is 0 Å². The molecule has 0 aliphatic carbocycles. The van der Waals surface area contributed by atoms with Gasteiger partial charge in [-0.05, 0) is 12.3 Å². The maximum Gasteiger partial charge on any atom is 0.0160 e. The fourth-order valence-electron chi connectivity index (χ4n) is 0.716. The second kappa shape index (κ2) is 8.75. The first-order valence-corrected chi connectivity index (χ1v) is 6.70. The Balaban J connectivity index is 2.80. The zero-order valence-corrected chi connectivity index (χ0v) is 9.14. The van der Waals surface area contributed by atoms with E-state index >= 15 is 0 Å². The van der Waals surface area contributed by atoms with Crippen molar-refractivity contribution >= 4 is 21.6 Å².